The molecule has 0 N–H and O–H groups in total. The lowest BCUT2D eigenvalue weighted by Crippen LogP contribution is -2.68. The fourth-order valence-corrected chi connectivity index (χ4v) is 8.66. The number of methoxy groups -OCH3 is 1. The van der Waals surface area contributed by atoms with Gasteiger partial charge in [-0.25, -0.2) is 0 Å². The summed E-state index contributed by atoms with van der Waals surface area (Å²) in [6.45, 7) is 7.69. The lowest BCUT2D eigenvalue weighted by atomic mass is 9.41. The number of carbonyl (C=O) groups is 1. The molecule has 3 aliphatic heterocycles. The number of ether oxygens (including phenoxy) is 3. The van der Waals surface area contributed by atoms with Crippen molar-refractivity contribution in [2.45, 2.75) is 71.2 Å². The fourth-order valence-electron chi connectivity index (χ4n) is 8.66. The van der Waals surface area contributed by atoms with Crippen molar-refractivity contribution in [2.75, 3.05) is 13.7 Å². The molecule has 168 valence electrons. The van der Waals surface area contributed by atoms with Gasteiger partial charge in [0, 0.05) is 41.8 Å². The van der Waals surface area contributed by atoms with Gasteiger partial charge in [-0.2, -0.15) is 0 Å². The monoisotopic (exact) mass is 426 g/mol. The molecule has 0 aromatic carbocycles. The average molecular weight is 427 g/mol. The minimum Gasteiger partial charge on any atom is -0.472 e. The number of furan rings is 1. The van der Waals surface area contributed by atoms with Gasteiger partial charge >= 0.3 is 5.97 Å². The summed E-state index contributed by atoms with van der Waals surface area (Å²) in [4.78, 5) is 12.8. The quantitative estimate of drug-likeness (QED) is 0.466. The van der Waals surface area contributed by atoms with Crippen molar-refractivity contribution >= 4 is 5.97 Å². The maximum Gasteiger partial charge on any atom is 0.306 e. The Hall–Kier alpha value is -1.59. The van der Waals surface area contributed by atoms with Crippen molar-refractivity contribution in [3.63, 3.8) is 0 Å². The van der Waals surface area contributed by atoms with Crippen LogP contribution in [0.4, 0.5) is 0 Å². The zero-order valence-corrected chi connectivity index (χ0v) is 19.1. The van der Waals surface area contributed by atoms with E-state index in [9.17, 15) is 4.79 Å². The summed E-state index contributed by atoms with van der Waals surface area (Å²) < 4.78 is 23.8. The lowest BCUT2D eigenvalue weighted by molar-refractivity contribution is -0.345. The molecule has 5 fully saturated rings. The second-order valence-corrected chi connectivity index (χ2v) is 11.4. The van der Waals surface area contributed by atoms with Gasteiger partial charge in [0.25, 0.3) is 0 Å². The van der Waals surface area contributed by atoms with Gasteiger partial charge < -0.3 is 18.6 Å². The van der Waals surface area contributed by atoms with Gasteiger partial charge in [-0.15, -0.1) is 0 Å². The SMILES string of the molecule is CO[C@@]12CC[C@@]3(CO1)C(=CC[C@@H]1[C@@H]3CC[C@@]3(C)[C@H](c4ccoc4)OC(=O)C[C@@H]13)C2(C)C. The van der Waals surface area contributed by atoms with Gasteiger partial charge in [0.15, 0.2) is 5.79 Å². The number of hydrogen-bond donors (Lipinski definition) is 0. The van der Waals surface area contributed by atoms with Crippen LogP contribution in [-0.4, -0.2) is 25.5 Å². The Morgan fingerprint density at radius 2 is 1.97 bits per heavy atom. The van der Waals surface area contributed by atoms with Crippen LogP contribution < -0.4 is 0 Å². The number of allylic oxidation sites excluding steroid dienone is 1. The van der Waals surface area contributed by atoms with Crippen molar-refractivity contribution in [2.24, 2.45) is 34.0 Å². The Morgan fingerprint density at radius 3 is 2.65 bits per heavy atom. The highest BCUT2D eigenvalue weighted by atomic mass is 16.7. The molecule has 4 heterocycles. The van der Waals surface area contributed by atoms with Crippen LogP contribution in [0, 0.1) is 34.0 Å². The molecule has 2 saturated carbocycles. The van der Waals surface area contributed by atoms with E-state index in [0.717, 1.165) is 44.3 Å². The van der Waals surface area contributed by atoms with E-state index in [-0.39, 0.29) is 28.3 Å². The third kappa shape index (κ3) is 2.32. The normalized spacial score (nSPS) is 47.6. The van der Waals surface area contributed by atoms with Gasteiger partial charge in [0.1, 0.15) is 6.10 Å². The highest BCUT2D eigenvalue weighted by Gasteiger charge is 2.69. The molecule has 0 unspecified atom stereocenters. The van der Waals surface area contributed by atoms with Crippen LogP contribution in [0.1, 0.15) is 71.0 Å². The standard InChI is InChI=1S/C26H34O5/c1-23(2)20-6-5-17-18(25(20)10-11-26(23,28-4)30-15-25)7-9-24(3)19(17)13-21(27)31-22(24)16-8-12-29-14-16/h6,8,12,14,17-19,22H,5,7,9-11,13,15H2,1-4H3/t17-,18+,19+,22+,24-,25+,26+/m1/s1. The van der Waals surface area contributed by atoms with Gasteiger partial charge in [-0.05, 0) is 49.5 Å². The summed E-state index contributed by atoms with van der Waals surface area (Å²) in [6, 6.07) is 1.96. The molecule has 1 aromatic heterocycles. The maximum absolute atomic E-state index is 12.8. The fraction of sp³-hybridized carbons (Fsp3) is 0.731. The summed E-state index contributed by atoms with van der Waals surface area (Å²) in [6.07, 6.45) is 11.6. The Morgan fingerprint density at radius 1 is 1.13 bits per heavy atom. The van der Waals surface area contributed by atoms with Crippen LogP contribution in [0.5, 0.6) is 0 Å². The second kappa shape index (κ2) is 6.26. The number of rotatable bonds is 2. The number of esters is 1. The topological polar surface area (TPSA) is 57.9 Å². The zero-order valence-electron chi connectivity index (χ0n) is 19.1. The number of cyclic esters (lactones) is 1. The predicted octanol–water partition coefficient (Wildman–Crippen LogP) is 5.43. The first kappa shape index (κ1) is 20.0. The summed E-state index contributed by atoms with van der Waals surface area (Å²) in [7, 11) is 1.79. The molecule has 1 aromatic rings. The van der Waals surface area contributed by atoms with Crippen LogP contribution in [0.25, 0.3) is 0 Å². The Labute approximate surface area is 184 Å². The van der Waals surface area contributed by atoms with E-state index < -0.39 is 5.79 Å². The van der Waals surface area contributed by atoms with Crippen LogP contribution in [0.3, 0.4) is 0 Å². The predicted molar refractivity (Wildman–Crippen MR) is 114 cm³/mol. The molecule has 3 saturated heterocycles. The van der Waals surface area contributed by atoms with Crippen molar-refractivity contribution < 1.29 is 23.4 Å². The Kier molecular flexibility index (Phi) is 4.05. The summed E-state index contributed by atoms with van der Waals surface area (Å²) in [5, 5.41) is 0. The van der Waals surface area contributed by atoms with Gasteiger partial charge in [0.05, 0.1) is 19.1 Å². The van der Waals surface area contributed by atoms with Crippen molar-refractivity contribution in [3.05, 3.63) is 35.8 Å². The minimum atomic E-state index is -0.502. The second-order valence-electron chi connectivity index (χ2n) is 11.4. The molecular formula is C26H34O5. The molecule has 0 radical (unpaired) electrons. The van der Waals surface area contributed by atoms with E-state index in [1.165, 1.54) is 0 Å². The Bertz CT molecular complexity index is 920. The molecule has 1 spiro atoms. The van der Waals surface area contributed by atoms with Crippen molar-refractivity contribution in [1.29, 1.82) is 0 Å². The molecular weight excluding hydrogens is 392 g/mol. The average Bonchev–Trinajstić information content (AvgIpc) is 3.28. The third-order valence-corrected chi connectivity index (χ3v) is 10.2. The van der Waals surface area contributed by atoms with E-state index in [4.69, 9.17) is 18.6 Å². The van der Waals surface area contributed by atoms with Crippen LogP contribution in [0.15, 0.2) is 34.7 Å². The third-order valence-electron chi connectivity index (χ3n) is 10.2. The molecule has 5 nitrogen and oxygen atoms in total. The first-order chi connectivity index (χ1) is 14.8. The molecule has 3 aliphatic carbocycles. The summed E-state index contributed by atoms with van der Waals surface area (Å²) >= 11 is 0. The number of hydrogen-bond acceptors (Lipinski definition) is 5. The van der Waals surface area contributed by atoms with E-state index in [0.29, 0.717) is 24.2 Å². The summed E-state index contributed by atoms with van der Waals surface area (Å²) in [5.74, 6) is 0.785. The smallest absolute Gasteiger partial charge is 0.306 e. The largest absolute Gasteiger partial charge is 0.472 e. The number of carbonyl (C=O) groups excluding carboxylic acids is 1. The molecule has 2 bridgehead atoms. The molecule has 0 amide bonds. The van der Waals surface area contributed by atoms with Crippen LogP contribution in [-0.2, 0) is 19.0 Å². The molecule has 7 rings (SSSR count). The highest BCUT2D eigenvalue weighted by Crippen LogP contribution is 2.71. The first-order valence-corrected chi connectivity index (χ1v) is 11.9. The molecule has 6 aliphatic rings. The zero-order chi connectivity index (χ0) is 21.6. The molecule has 31 heavy (non-hydrogen) atoms. The minimum absolute atomic E-state index is 0.0586. The number of fused-ring (bicyclic) bond motifs is 5. The van der Waals surface area contributed by atoms with E-state index >= 15 is 0 Å². The van der Waals surface area contributed by atoms with Gasteiger partial charge in [-0.3, -0.25) is 4.79 Å². The molecule has 5 heteroatoms. The van der Waals surface area contributed by atoms with Crippen LogP contribution >= 0.6 is 0 Å². The van der Waals surface area contributed by atoms with E-state index in [2.05, 4.69) is 26.8 Å². The van der Waals surface area contributed by atoms with Crippen LogP contribution in [0.2, 0.25) is 0 Å². The lowest BCUT2D eigenvalue weighted by Gasteiger charge is -2.69. The summed E-state index contributed by atoms with van der Waals surface area (Å²) in [5.41, 5.74) is 2.44. The van der Waals surface area contributed by atoms with Crippen molar-refractivity contribution in [1.82, 2.24) is 0 Å². The Balaban J connectivity index is 1.41. The first-order valence-electron chi connectivity index (χ1n) is 11.9. The van der Waals surface area contributed by atoms with Gasteiger partial charge in [0.2, 0.25) is 0 Å². The molecule has 7 atom stereocenters. The van der Waals surface area contributed by atoms with E-state index in [1.54, 1.807) is 25.2 Å². The van der Waals surface area contributed by atoms with E-state index in [1.807, 2.05) is 6.07 Å². The van der Waals surface area contributed by atoms with Crippen molar-refractivity contribution in [3.8, 4) is 0 Å². The highest BCUT2D eigenvalue weighted by molar-refractivity contribution is 5.71. The maximum atomic E-state index is 12.8. The van der Waals surface area contributed by atoms with Gasteiger partial charge in [-0.1, -0.05) is 32.4 Å².